The quantitative estimate of drug-likeness (QED) is 0.541. The van der Waals surface area contributed by atoms with E-state index in [2.05, 4.69) is 4.99 Å². The number of aliphatic imine (C=N–C) groups is 1. The minimum Gasteiger partial charge on any atom is -0.463 e. The predicted octanol–water partition coefficient (Wildman–Crippen LogP) is 0.672. The highest BCUT2D eigenvalue weighted by Crippen LogP contribution is 2.38. The highest BCUT2D eigenvalue weighted by Gasteiger charge is 2.52. The normalized spacial score (nSPS) is 32.5. The number of fused-ring (bicyclic) bond motifs is 1. The number of esters is 3. The standard InChI is InChI=1S/C14H19NO7S/c1-6-15-11-13(21-9(4)18)12(20-8(3)17)10(5-19-7(2)16)22-14(11)23-6/h10-14H,5H2,1-4H3/t10-,11?,12+,13-,14?/m1/s1. The third-order valence-electron chi connectivity index (χ3n) is 3.29. The van der Waals surface area contributed by atoms with Crippen LogP contribution >= 0.6 is 11.8 Å². The van der Waals surface area contributed by atoms with Crippen LogP contribution in [0.15, 0.2) is 4.99 Å². The lowest BCUT2D eigenvalue weighted by Crippen LogP contribution is -2.59. The molecule has 2 heterocycles. The van der Waals surface area contributed by atoms with Crippen molar-refractivity contribution in [2.75, 3.05) is 6.61 Å². The van der Waals surface area contributed by atoms with E-state index in [1.165, 1.54) is 32.5 Å². The van der Waals surface area contributed by atoms with Gasteiger partial charge >= 0.3 is 17.9 Å². The van der Waals surface area contributed by atoms with Gasteiger partial charge in [-0.15, -0.1) is 0 Å². The summed E-state index contributed by atoms with van der Waals surface area (Å²) in [6.45, 7) is 5.51. The molecule has 9 heteroatoms. The van der Waals surface area contributed by atoms with Crippen LogP contribution in [0.5, 0.6) is 0 Å². The molecule has 2 rings (SSSR count). The topological polar surface area (TPSA) is 100 Å². The van der Waals surface area contributed by atoms with Gasteiger partial charge in [-0.3, -0.25) is 19.4 Å². The summed E-state index contributed by atoms with van der Waals surface area (Å²) >= 11 is 1.39. The average molecular weight is 345 g/mol. The Morgan fingerprint density at radius 2 is 1.70 bits per heavy atom. The molecule has 0 amide bonds. The number of hydrogen-bond acceptors (Lipinski definition) is 9. The maximum Gasteiger partial charge on any atom is 0.303 e. The van der Waals surface area contributed by atoms with Crippen molar-refractivity contribution >= 4 is 34.7 Å². The van der Waals surface area contributed by atoms with Gasteiger partial charge in [0.05, 0.1) is 5.04 Å². The average Bonchev–Trinajstić information content (AvgIpc) is 2.78. The van der Waals surface area contributed by atoms with E-state index in [-0.39, 0.29) is 12.0 Å². The number of hydrogen-bond donors (Lipinski definition) is 0. The van der Waals surface area contributed by atoms with Crippen molar-refractivity contribution in [2.24, 2.45) is 4.99 Å². The summed E-state index contributed by atoms with van der Waals surface area (Å²) in [5, 5.41) is 0.784. The molecule has 0 aromatic carbocycles. The SMILES string of the molecule is CC(=O)OC[C@H]1OC2SC(C)=NC2[C@@H](OC(C)=O)[C@H]1OC(C)=O. The second-order valence-electron chi connectivity index (χ2n) is 5.25. The number of rotatable bonds is 4. The van der Waals surface area contributed by atoms with E-state index in [4.69, 9.17) is 18.9 Å². The third kappa shape index (κ3) is 4.44. The van der Waals surface area contributed by atoms with Crippen LogP contribution in [0.25, 0.3) is 0 Å². The lowest BCUT2D eigenvalue weighted by molar-refractivity contribution is -0.208. The first-order chi connectivity index (χ1) is 10.8. The van der Waals surface area contributed by atoms with Gasteiger partial charge in [0.25, 0.3) is 0 Å². The van der Waals surface area contributed by atoms with E-state index in [1.807, 2.05) is 6.92 Å². The molecular weight excluding hydrogens is 326 g/mol. The summed E-state index contributed by atoms with van der Waals surface area (Å²) in [7, 11) is 0. The van der Waals surface area contributed by atoms with Gasteiger partial charge in [0, 0.05) is 20.8 Å². The number of nitrogens with zero attached hydrogens (tertiary/aromatic N) is 1. The Kier molecular flexibility index (Phi) is 5.64. The fourth-order valence-electron chi connectivity index (χ4n) is 2.53. The zero-order chi connectivity index (χ0) is 17.1. The Labute approximate surface area is 137 Å². The summed E-state index contributed by atoms with van der Waals surface area (Å²) in [4.78, 5) is 38.3. The molecular formula is C14H19NO7S. The molecule has 2 unspecified atom stereocenters. The highest BCUT2D eigenvalue weighted by molar-refractivity contribution is 8.14. The maximum absolute atomic E-state index is 11.4. The third-order valence-corrected chi connectivity index (χ3v) is 4.36. The molecule has 8 nitrogen and oxygen atoms in total. The van der Waals surface area contributed by atoms with Gasteiger partial charge in [0.15, 0.2) is 12.2 Å². The van der Waals surface area contributed by atoms with Crippen molar-refractivity contribution in [1.29, 1.82) is 0 Å². The lowest BCUT2D eigenvalue weighted by atomic mass is 9.98. The first-order valence-corrected chi connectivity index (χ1v) is 8.00. The molecule has 1 saturated heterocycles. The van der Waals surface area contributed by atoms with Crippen LogP contribution in [0, 0.1) is 0 Å². The summed E-state index contributed by atoms with van der Waals surface area (Å²) < 4.78 is 21.5. The van der Waals surface area contributed by atoms with Gasteiger partial charge in [0.2, 0.25) is 0 Å². The summed E-state index contributed by atoms with van der Waals surface area (Å²) in [6.07, 6.45) is -2.42. The van der Waals surface area contributed by atoms with Gasteiger partial charge in [-0.25, -0.2) is 0 Å². The summed E-state index contributed by atoms with van der Waals surface area (Å²) in [6, 6.07) is -0.471. The van der Waals surface area contributed by atoms with Crippen molar-refractivity contribution in [3.8, 4) is 0 Å². The number of carbonyl (C=O) groups excluding carboxylic acids is 3. The molecule has 1 fully saturated rings. The molecule has 0 aromatic heterocycles. The molecule has 5 atom stereocenters. The molecule has 0 radical (unpaired) electrons. The molecule has 2 aliphatic heterocycles. The van der Waals surface area contributed by atoms with E-state index < -0.39 is 42.3 Å². The second kappa shape index (κ2) is 7.31. The number of carbonyl (C=O) groups is 3. The number of ether oxygens (including phenoxy) is 4. The molecule has 0 saturated carbocycles. The van der Waals surface area contributed by atoms with E-state index in [0.717, 1.165) is 5.04 Å². The van der Waals surface area contributed by atoms with Crippen LogP contribution in [0.4, 0.5) is 0 Å². The van der Waals surface area contributed by atoms with Crippen molar-refractivity contribution < 1.29 is 33.3 Å². The second-order valence-corrected chi connectivity index (χ2v) is 6.54. The Morgan fingerprint density at radius 3 is 2.26 bits per heavy atom. The minimum absolute atomic E-state index is 0.103. The van der Waals surface area contributed by atoms with Crippen LogP contribution in [-0.4, -0.2) is 59.3 Å². The van der Waals surface area contributed by atoms with Crippen molar-refractivity contribution in [2.45, 2.75) is 57.5 Å². The fourth-order valence-corrected chi connectivity index (χ4v) is 3.60. The Bertz CT molecular complexity index is 535. The van der Waals surface area contributed by atoms with Crippen molar-refractivity contribution in [3.05, 3.63) is 0 Å². The van der Waals surface area contributed by atoms with Gasteiger partial charge in [0.1, 0.15) is 24.2 Å². The highest BCUT2D eigenvalue weighted by atomic mass is 32.2. The zero-order valence-electron chi connectivity index (χ0n) is 13.3. The van der Waals surface area contributed by atoms with E-state index >= 15 is 0 Å². The van der Waals surface area contributed by atoms with Gasteiger partial charge in [-0.1, -0.05) is 11.8 Å². The zero-order valence-corrected chi connectivity index (χ0v) is 14.1. The molecule has 2 aliphatic rings. The molecule has 0 spiro atoms. The largest absolute Gasteiger partial charge is 0.463 e. The number of thioether (sulfide) groups is 1. The molecule has 0 aliphatic carbocycles. The fraction of sp³-hybridized carbons (Fsp3) is 0.714. The Hall–Kier alpha value is -1.61. The minimum atomic E-state index is -0.896. The maximum atomic E-state index is 11.4. The smallest absolute Gasteiger partial charge is 0.303 e. The van der Waals surface area contributed by atoms with Crippen LogP contribution in [0.1, 0.15) is 27.7 Å². The molecule has 128 valence electrons. The lowest BCUT2D eigenvalue weighted by Gasteiger charge is -2.41. The monoisotopic (exact) mass is 345 g/mol. The van der Waals surface area contributed by atoms with Gasteiger partial charge < -0.3 is 18.9 Å². The van der Waals surface area contributed by atoms with Crippen LogP contribution in [-0.2, 0) is 33.3 Å². The summed E-state index contributed by atoms with van der Waals surface area (Å²) in [5.41, 5.74) is -0.383. The van der Waals surface area contributed by atoms with Crippen molar-refractivity contribution in [3.63, 3.8) is 0 Å². The van der Waals surface area contributed by atoms with Gasteiger partial charge in [-0.05, 0) is 6.92 Å². The Balaban J connectivity index is 2.26. The molecule has 0 bridgehead atoms. The predicted molar refractivity (Wildman–Crippen MR) is 80.9 cm³/mol. The van der Waals surface area contributed by atoms with Crippen molar-refractivity contribution in [1.82, 2.24) is 0 Å². The summed E-state index contributed by atoms with van der Waals surface area (Å²) in [5.74, 6) is -1.54. The van der Waals surface area contributed by atoms with Crippen LogP contribution in [0.3, 0.4) is 0 Å². The molecule has 0 aromatic rings. The van der Waals surface area contributed by atoms with Crippen LogP contribution in [0.2, 0.25) is 0 Å². The van der Waals surface area contributed by atoms with E-state index in [1.54, 1.807) is 0 Å². The van der Waals surface area contributed by atoms with Crippen LogP contribution < -0.4 is 0 Å². The first kappa shape index (κ1) is 17.7. The molecule has 0 N–H and O–H groups in total. The Morgan fingerprint density at radius 1 is 1.09 bits per heavy atom. The van der Waals surface area contributed by atoms with E-state index in [9.17, 15) is 14.4 Å². The molecule has 23 heavy (non-hydrogen) atoms. The first-order valence-electron chi connectivity index (χ1n) is 7.12. The van der Waals surface area contributed by atoms with Gasteiger partial charge in [-0.2, -0.15) is 0 Å². The van der Waals surface area contributed by atoms with E-state index in [0.29, 0.717) is 0 Å².